The van der Waals surface area contributed by atoms with Crippen molar-refractivity contribution in [1.82, 2.24) is 0 Å². The molecule has 0 fully saturated rings. The van der Waals surface area contributed by atoms with E-state index in [1.807, 2.05) is 0 Å². The van der Waals surface area contributed by atoms with Gasteiger partial charge in [0.25, 0.3) is 0 Å². The fourth-order valence-corrected chi connectivity index (χ4v) is 4.67. The van der Waals surface area contributed by atoms with Crippen LogP contribution in [0.5, 0.6) is 11.5 Å². The fourth-order valence-electron chi connectivity index (χ4n) is 4.67. The molecule has 0 aliphatic heterocycles. The van der Waals surface area contributed by atoms with Crippen molar-refractivity contribution in [3.8, 4) is 11.5 Å². The molecule has 0 amide bonds. The molecule has 45 heavy (non-hydrogen) atoms. The summed E-state index contributed by atoms with van der Waals surface area (Å²) in [5.74, 6) is -11.4. The molecule has 4 aromatic carbocycles. The molecule has 10 heteroatoms. The predicted octanol–water partition coefficient (Wildman–Crippen LogP) is 9.48. The molecule has 0 unspecified atom stereocenters. The second-order valence-corrected chi connectivity index (χ2v) is 10.5. The highest BCUT2D eigenvalue weighted by atomic mass is 19.2. The fraction of sp³-hybridized carbons (Fsp3) is 0.257. The predicted molar refractivity (Wildman–Crippen MR) is 155 cm³/mol. The molecule has 0 radical (unpaired) electrons. The van der Waals surface area contributed by atoms with E-state index in [0.717, 1.165) is 68.9 Å². The molecule has 0 bridgehead atoms. The van der Waals surface area contributed by atoms with Crippen LogP contribution in [-0.4, -0.2) is 11.9 Å². The molecule has 4 rings (SSSR count). The van der Waals surface area contributed by atoms with E-state index in [4.69, 9.17) is 9.47 Å². The number of rotatable bonds is 14. The second-order valence-electron chi connectivity index (χ2n) is 10.5. The van der Waals surface area contributed by atoms with Crippen LogP contribution in [0.2, 0.25) is 0 Å². The van der Waals surface area contributed by atoms with Crippen LogP contribution in [0.1, 0.15) is 76.8 Å². The summed E-state index contributed by atoms with van der Waals surface area (Å²) in [5.41, 5.74) is 2.51. The van der Waals surface area contributed by atoms with Gasteiger partial charge in [-0.25, -0.2) is 35.9 Å². The first-order valence-electron chi connectivity index (χ1n) is 14.5. The van der Waals surface area contributed by atoms with Crippen molar-refractivity contribution >= 4 is 11.9 Å². The van der Waals surface area contributed by atoms with Gasteiger partial charge in [0.2, 0.25) is 0 Å². The van der Waals surface area contributed by atoms with Crippen molar-refractivity contribution in [2.75, 3.05) is 0 Å². The molecule has 0 N–H and O–H groups in total. The molecule has 236 valence electrons. The molecule has 0 aliphatic rings. The highest BCUT2D eigenvalue weighted by Crippen LogP contribution is 2.22. The van der Waals surface area contributed by atoms with Crippen LogP contribution in [0.15, 0.2) is 72.8 Å². The molecule has 0 heterocycles. The van der Waals surface area contributed by atoms with Crippen LogP contribution in [0.3, 0.4) is 0 Å². The summed E-state index contributed by atoms with van der Waals surface area (Å²) < 4.78 is 89.3. The maximum Gasteiger partial charge on any atom is 0.343 e. The minimum atomic E-state index is -1.63. The highest BCUT2D eigenvalue weighted by Gasteiger charge is 2.16. The molecule has 0 saturated carbocycles. The lowest BCUT2D eigenvalue weighted by molar-refractivity contribution is 0.0723. The average molecular weight is 629 g/mol. The summed E-state index contributed by atoms with van der Waals surface area (Å²) in [4.78, 5) is 24.5. The van der Waals surface area contributed by atoms with Gasteiger partial charge in [-0.2, -0.15) is 0 Å². The van der Waals surface area contributed by atoms with E-state index in [1.54, 1.807) is 48.5 Å². The zero-order valence-electron chi connectivity index (χ0n) is 24.2. The van der Waals surface area contributed by atoms with Crippen molar-refractivity contribution in [2.45, 2.75) is 57.8 Å². The van der Waals surface area contributed by atoms with Crippen LogP contribution in [0, 0.1) is 34.9 Å². The van der Waals surface area contributed by atoms with Crippen molar-refractivity contribution in [3.63, 3.8) is 0 Å². The van der Waals surface area contributed by atoms with E-state index in [9.17, 15) is 35.9 Å². The van der Waals surface area contributed by atoms with Crippen LogP contribution >= 0.6 is 0 Å². The van der Waals surface area contributed by atoms with Gasteiger partial charge >= 0.3 is 11.9 Å². The zero-order chi connectivity index (χ0) is 32.3. The van der Waals surface area contributed by atoms with Crippen LogP contribution in [-0.2, 0) is 12.8 Å². The minimum absolute atomic E-state index is 0.208. The Bertz CT molecular complexity index is 1450. The minimum Gasteiger partial charge on any atom is -0.423 e. The lowest BCUT2D eigenvalue weighted by Crippen LogP contribution is -2.09. The van der Waals surface area contributed by atoms with Crippen molar-refractivity contribution in [1.29, 1.82) is 0 Å². The Kier molecular flexibility index (Phi) is 11.8. The Labute approximate surface area is 256 Å². The molecule has 0 spiro atoms. The van der Waals surface area contributed by atoms with E-state index >= 15 is 0 Å². The van der Waals surface area contributed by atoms with Gasteiger partial charge in [0, 0.05) is 24.3 Å². The number of halogens is 6. The van der Waals surface area contributed by atoms with E-state index in [1.165, 1.54) is 0 Å². The van der Waals surface area contributed by atoms with Gasteiger partial charge in [-0.3, -0.25) is 0 Å². The van der Waals surface area contributed by atoms with E-state index < -0.39 is 58.3 Å². The first kappa shape index (κ1) is 33.3. The molecule has 0 atom stereocenters. The standard InChI is InChI=1S/C35H30F6O4/c36-28-18-26(19-29(37)32(28)40)44-34(42)24-14-10-22(11-15-24)8-6-4-2-1-3-5-7-9-23-12-16-25(17-13-23)35(43)45-27-20-30(38)33(41)31(39)21-27/h10-21H,1-9H2. The average Bonchev–Trinajstić information content (AvgIpc) is 3.02. The van der Waals surface area contributed by atoms with Gasteiger partial charge in [0.1, 0.15) is 11.5 Å². The van der Waals surface area contributed by atoms with Crippen LogP contribution < -0.4 is 9.47 Å². The van der Waals surface area contributed by atoms with E-state index in [0.29, 0.717) is 24.3 Å². The first-order chi connectivity index (χ1) is 21.6. The summed E-state index contributed by atoms with van der Waals surface area (Å²) >= 11 is 0. The van der Waals surface area contributed by atoms with Gasteiger partial charge < -0.3 is 9.47 Å². The summed E-state index contributed by atoms with van der Waals surface area (Å²) in [7, 11) is 0. The first-order valence-corrected chi connectivity index (χ1v) is 14.5. The SMILES string of the molecule is O=C(Oc1cc(F)c(F)c(F)c1)c1ccc(CCCCCCCCCc2ccc(C(=O)Oc3cc(F)c(F)c(F)c3)cc2)cc1. The van der Waals surface area contributed by atoms with Crippen molar-refractivity contribution in [2.24, 2.45) is 0 Å². The molecule has 4 aromatic rings. The largest absolute Gasteiger partial charge is 0.423 e. The summed E-state index contributed by atoms with van der Waals surface area (Å²) in [5, 5.41) is 0. The number of ether oxygens (including phenoxy) is 2. The third kappa shape index (κ3) is 9.69. The Morgan fingerprint density at radius 1 is 0.444 bits per heavy atom. The Balaban J connectivity index is 1.07. The van der Waals surface area contributed by atoms with Crippen molar-refractivity contribution < 1.29 is 45.4 Å². The monoisotopic (exact) mass is 628 g/mol. The Morgan fingerprint density at radius 2 is 0.733 bits per heavy atom. The Morgan fingerprint density at radius 3 is 1.04 bits per heavy atom. The third-order valence-electron chi connectivity index (χ3n) is 7.15. The third-order valence-corrected chi connectivity index (χ3v) is 7.15. The summed E-state index contributed by atoms with van der Waals surface area (Å²) in [6.07, 6.45) is 9.04. The smallest absolute Gasteiger partial charge is 0.343 e. The zero-order valence-corrected chi connectivity index (χ0v) is 24.2. The second kappa shape index (κ2) is 15.9. The van der Waals surface area contributed by atoms with Crippen LogP contribution in [0.25, 0.3) is 0 Å². The van der Waals surface area contributed by atoms with Gasteiger partial charge in [-0.15, -0.1) is 0 Å². The lowest BCUT2D eigenvalue weighted by atomic mass is 10.0. The number of hydrogen-bond donors (Lipinski definition) is 0. The number of carbonyl (C=O) groups excluding carboxylic acids is 2. The van der Waals surface area contributed by atoms with Gasteiger partial charge in [-0.05, 0) is 61.1 Å². The van der Waals surface area contributed by atoms with Gasteiger partial charge in [0.15, 0.2) is 34.9 Å². The number of hydrogen-bond acceptors (Lipinski definition) is 4. The number of unbranched alkanes of at least 4 members (excludes halogenated alkanes) is 6. The number of carbonyl (C=O) groups is 2. The maximum absolute atomic E-state index is 13.3. The normalized spacial score (nSPS) is 11.0. The number of esters is 2. The molecule has 0 aliphatic carbocycles. The molecular formula is C35H30F6O4. The van der Waals surface area contributed by atoms with Crippen LogP contribution in [0.4, 0.5) is 26.3 Å². The van der Waals surface area contributed by atoms with Crippen molar-refractivity contribution in [3.05, 3.63) is 130 Å². The molecule has 0 saturated heterocycles. The Hall–Kier alpha value is -4.60. The molecule has 4 nitrogen and oxygen atoms in total. The summed E-state index contributed by atoms with van der Waals surface area (Å²) in [6.45, 7) is 0. The number of aryl methyl sites for hydroxylation is 2. The maximum atomic E-state index is 13.3. The summed E-state index contributed by atoms with van der Waals surface area (Å²) in [6, 6.07) is 15.9. The van der Waals surface area contributed by atoms with E-state index in [2.05, 4.69) is 0 Å². The quantitative estimate of drug-likeness (QED) is 0.0459. The number of benzene rings is 4. The van der Waals surface area contributed by atoms with Gasteiger partial charge in [-0.1, -0.05) is 56.4 Å². The molecule has 0 aromatic heterocycles. The van der Waals surface area contributed by atoms with Gasteiger partial charge in [0.05, 0.1) is 11.1 Å². The van der Waals surface area contributed by atoms with E-state index in [-0.39, 0.29) is 11.1 Å². The molecular weight excluding hydrogens is 598 g/mol. The topological polar surface area (TPSA) is 52.6 Å². The lowest BCUT2D eigenvalue weighted by Gasteiger charge is -2.07. The highest BCUT2D eigenvalue weighted by molar-refractivity contribution is 5.91.